The molecule has 16 heavy (non-hydrogen) atoms. The lowest BCUT2D eigenvalue weighted by Crippen LogP contribution is -2.29. The molecule has 0 aromatic heterocycles. The summed E-state index contributed by atoms with van der Waals surface area (Å²) in [5, 5.41) is 9.87. The van der Waals surface area contributed by atoms with Crippen molar-refractivity contribution < 1.29 is 14.2 Å². The van der Waals surface area contributed by atoms with Crippen LogP contribution >= 0.6 is 15.9 Å². The van der Waals surface area contributed by atoms with Crippen LogP contribution in [0.1, 0.15) is 18.9 Å². The van der Waals surface area contributed by atoms with Crippen LogP contribution in [0.25, 0.3) is 0 Å². The molecule has 0 saturated carbocycles. The first-order valence-corrected chi connectivity index (χ1v) is 6.02. The first-order valence-electron chi connectivity index (χ1n) is 5.23. The highest BCUT2D eigenvalue weighted by molar-refractivity contribution is 9.10. The van der Waals surface area contributed by atoms with Crippen molar-refractivity contribution in [2.24, 2.45) is 0 Å². The number of methoxy groups -OCH3 is 1. The number of halogens is 2. The van der Waals surface area contributed by atoms with Gasteiger partial charge >= 0.3 is 0 Å². The number of benzene rings is 1. The third-order valence-corrected chi connectivity index (χ3v) is 3.06. The van der Waals surface area contributed by atoms with Gasteiger partial charge in [-0.05, 0) is 30.2 Å². The van der Waals surface area contributed by atoms with Crippen molar-refractivity contribution in [2.75, 3.05) is 7.11 Å². The Morgan fingerprint density at radius 1 is 1.50 bits per heavy atom. The Kier molecular flexibility index (Phi) is 5.38. The minimum absolute atomic E-state index is 0.251. The number of rotatable bonds is 5. The Morgan fingerprint density at radius 3 is 2.75 bits per heavy atom. The molecule has 90 valence electrons. The van der Waals surface area contributed by atoms with E-state index in [-0.39, 0.29) is 18.3 Å². The van der Waals surface area contributed by atoms with Crippen molar-refractivity contribution in [1.29, 1.82) is 0 Å². The second kappa shape index (κ2) is 6.33. The summed E-state index contributed by atoms with van der Waals surface area (Å²) < 4.78 is 19.4. The van der Waals surface area contributed by atoms with Gasteiger partial charge in [0.2, 0.25) is 0 Å². The number of aliphatic hydroxyl groups excluding tert-OH is 1. The van der Waals surface area contributed by atoms with Gasteiger partial charge in [0.1, 0.15) is 5.82 Å². The van der Waals surface area contributed by atoms with E-state index in [2.05, 4.69) is 15.9 Å². The molecule has 0 aliphatic heterocycles. The molecule has 1 aromatic rings. The average molecular weight is 291 g/mol. The standard InChI is InChI=1S/C12H16BrFO2/c1-3-12(16-2)11(15)7-8-6-9(13)4-5-10(8)14/h4-6,11-12,15H,3,7H2,1-2H3. The summed E-state index contributed by atoms with van der Waals surface area (Å²) in [5.41, 5.74) is 0.498. The second-order valence-electron chi connectivity index (χ2n) is 3.69. The predicted molar refractivity (Wildman–Crippen MR) is 64.9 cm³/mol. The fourth-order valence-corrected chi connectivity index (χ4v) is 2.06. The molecule has 0 heterocycles. The highest BCUT2D eigenvalue weighted by Gasteiger charge is 2.18. The predicted octanol–water partition coefficient (Wildman–Crippen LogP) is 2.92. The van der Waals surface area contributed by atoms with Crippen molar-refractivity contribution in [3.8, 4) is 0 Å². The third-order valence-electron chi connectivity index (χ3n) is 2.57. The van der Waals surface area contributed by atoms with Crippen molar-refractivity contribution >= 4 is 15.9 Å². The van der Waals surface area contributed by atoms with Gasteiger partial charge in [-0.1, -0.05) is 22.9 Å². The molecule has 1 rings (SSSR count). The summed E-state index contributed by atoms with van der Waals surface area (Å²) in [6.45, 7) is 1.93. The minimum atomic E-state index is -0.682. The smallest absolute Gasteiger partial charge is 0.126 e. The average Bonchev–Trinajstić information content (AvgIpc) is 2.25. The zero-order valence-corrected chi connectivity index (χ0v) is 11.0. The number of hydrogen-bond donors (Lipinski definition) is 1. The molecule has 0 aliphatic carbocycles. The molecular formula is C12H16BrFO2. The van der Waals surface area contributed by atoms with Crippen molar-refractivity contribution in [3.63, 3.8) is 0 Å². The molecule has 0 spiro atoms. The lowest BCUT2D eigenvalue weighted by molar-refractivity contribution is -0.0131. The maximum Gasteiger partial charge on any atom is 0.126 e. The number of aliphatic hydroxyl groups is 1. The molecule has 0 radical (unpaired) electrons. The Balaban J connectivity index is 2.75. The SMILES string of the molecule is CCC(OC)C(O)Cc1cc(Br)ccc1F. The lowest BCUT2D eigenvalue weighted by atomic mass is 10.0. The van der Waals surface area contributed by atoms with E-state index in [0.29, 0.717) is 12.0 Å². The van der Waals surface area contributed by atoms with Gasteiger partial charge in [-0.2, -0.15) is 0 Å². The molecule has 4 heteroatoms. The highest BCUT2D eigenvalue weighted by Crippen LogP contribution is 2.18. The highest BCUT2D eigenvalue weighted by atomic mass is 79.9. The maximum absolute atomic E-state index is 13.4. The largest absolute Gasteiger partial charge is 0.390 e. The summed E-state index contributed by atoms with van der Waals surface area (Å²) in [4.78, 5) is 0. The van der Waals surface area contributed by atoms with Crippen LogP contribution < -0.4 is 0 Å². The van der Waals surface area contributed by atoms with Crippen molar-refractivity contribution in [3.05, 3.63) is 34.1 Å². The summed E-state index contributed by atoms with van der Waals surface area (Å²) in [6, 6.07) is 4.71. The van der Waals surface area contributed by atoms with Crippen LogP contribution in [-0.4, -0.2) is 24.4 Å². The molecule has 2 atom stereocenters. The van der Waals surface area contributed by atoms with Gasteiger partial charge in [-0.25, -0.2) is 4.39 Å². The van der Waals surface area contributed by atoms with E-state index >= 15 is 0 Å². The molecule has 2 nitrogen and oxygen atoms in total. The Bertz CT molecular complexity index is 340. The van der Waals surface area contributed by atoms with Crippen LogP contribution in [0.2, 0.25) is 0 Å². The summed E-state index contributed by atoms with van der Waals surface area (Å²) in [7, 11) is 1.55. The first-order chi connectivity index (χ1) is 7.58. The summed E-state index contributed by atoms with van der Waals surface area (Å²) in [6.07, 6.45) is 0.0300. The topological polar surface area (TPSA) is 29.5 Å². The maximum atomic E-state index is 13.4. The molecule has 0 aliphatic rings. The van der Waals surface area contributed by atoms with Crippen LogP contribution in [0.5, 0.6) is 0 Å². The van der Waals surface area contributed by atoms with Gasteiger partial charge in [-0.3, -0.25) is 0 Å². The number of hydrogen-bond acceptors (Lipinski definition) is 2. The monoisotopic (exact) mass is 290 g/mol. The van der Waals surface area contributed by atoms with E-state index in [1.807, 2.05) is 6.92 Å². The van der Waals surface area contributed by atoms with Gasteiger partial charge < -0.3 is 9.84 Å². The van der Waals surface area contributed by atoms with Gasteiger partial charge in [0.05, 0.1) is 12.2 Å². The van der Waals surface area contributed by atoms with Gasteiger partial charge in [-0.15, -0.1) is 0 Å². The van der Waals surface area contributed by atoms with Crippen LogP contribution in [0, 0.1) is 5.82 Å². The quantitative estimate of drug-likeness (QED) is 0.904. The fraction of sp³-hybridized carbons (Fsp3) is 0.500. The van der Waals surface area contributed by atoms with Crippen molar-refractivity contribution in [2.45, 2.75) is 32.0 Å². The van der Waals surface area contributed by atoms with Gasteiger partial charge in [0, 0.05) is 18.0 Å². The van der Waals surface area contributed by atoms with Gasteiger partial charge in [0.15, 0.2) is 0 Å². The fourth-order valence-electron chi connectivity index (χ4n) is 1.65. The zero-order chi connectivity index (χ0) is 12.1. The van der Waals surface area contributed by atoms with E-state index < -0.39 is 6.10 Å². The molecule has 0 saturated heterocycles. The molecule has 0 fully saturated rings. The van der Waals surface area contributed by atoms with E-state index in [0.717, 1.165) is 4.47 Å². The Morgan fingerprint density at radius 2 is 2.19 bits per heavy atom. The van der Waals surface area contributed by atoms with Gasteiger partial charge in [0.25, 0.3) is 0 Å². The van der Waals surface area contributed by atoms with Crippen LogP contribution in [0.15, 0.2) is 22.7 Å². The van der Waals surface area contributed by atoms with Crippen LogP contribution in [-0.2, 0) is 11.2 Å². The molecular weight excluding hydrogens is 275 g/mol. The third kappa shape index (κ3) is 3.54. The molecule has 0 bridgehead atoms. The van der Waals surface area contributed by atoms with Crippen LogP contribution in [0.3, 0.4) is 0 Å². The summed E-state index contributed by atoms with van der Waals surface area (Å²) in [5.74, 6) is -0.298. The van der Waals surface area contributed by atoms with E-state index in [1.165, 1.54) is 6.07 Å². The zero-order valence-electron chi connectivity index (χ0n) is 9.41. The van der Waals surface area contributed by atoms with E-state index in [1.54, 1.807) is 19.2 Å². The van der Waals surface area contributed by atoms with E-state index in [9.17, 15) is 9.50 Å². The first kappa shape index (κ1) is 13.6. The molecule has 1 aromatic carbocycles. The molecule has 1 N–H and O–H groups in total. The second-order valence-corrected chi connectivity index (χ2v) is 4.61. The normalized spacial score (nSPS) is 14.8. The van der Waals surface area contributed by atoms with Crippen molar-refractivity contribution in [1.82, 2.24) is 0 Å². The lowest BCUT2D eigenvalue weighted by Gasteiger charge is -2.20. The molecule has 0 amide bonds. The van der Waals surface area contributed by atoms with E-state index in [4.69, 9.17) is 4.74 Å². The number of ether oxygens (including phenoxy) is 1. The van der Waals surface area contributed by atoms with Crippen LogP contribution in [0.4, 0.5) is 4.39 Å². The molecule has 2 unspecified atom stereocenters. The Hall–Kier alpha value is -0.450. The Labute approximate surface area is 104 Å². The minimum Gasteiger partial charge on any atom is -0.390 e. The summed E-state index contributed by atoms with van der Waals surface area (Å²) >= 11 is 3.28.